The Balaban J connectivity index is 2.28. The van der Waals surface area contributed by atoms with Gasteiger partial charge in [0, 0.05) is 11.2 Å². The second-order valence-corrected chi connectivity index (χ2v) is 4.21. The maximum Gasteiger partial charge on any atom is 0.115 e. The Morgan fingerprint density at radius 1 is 1.29 bits per heavy atom. The number of halogens is 1. The van der Waals surface area contributed by atoms with Gasteiger partial charge in [-0.25, -0.2) is 0 Å². The Labute approximate surface area is 90.8 Å². The van der Waals surface area contributed by atoms with Gasteiger partial charge in [0.15, 0.2) is 0 Å². The van der Waals surface area contributed by atoms with Crippen LogP contribution in [0.3, 0.4) is 0 Å². The number of thiazole rings is 1. The van der Waals surface area contributed by atoms with Crippen LogP contribution in [0.5, 0.6) is 0 Å². The molecule has 0 aliphatic heterocycles. The molecule has 1 unspecified atom stereocenters. The van der Waals surface area contributed by atoms with Crippen molar-refractivity contribution in [2.24, 2.45) is 0 Å². The fourth-order valence-corrected chi connectivity index (χ4v) is 1.93. The van der Waals surface area contributed by atoms with E-state index in [0.29, 0.717) is 5.02 Å². The summed E-state index contributed by atoms with van der Waals surface area (Å²) in [4.78, 5) is 4.76. The van der Waals surface area contributed by atoms with Crippen LogP contribution in [0.1, 0.15) is 16.5 Å². The minimum atomic E-state index is -0.597. The van der Waals surface area contributed by atoms with Crippen LogP contribution in [0.4, 0.5) is 0 Å². The van der Waals surface area contributed by atoms with Crippen molar-refractivity contribution in [3.63, 3.8) is 0 Å². The minimum Gasteiger partial charge on any atom is -0.383 e. The number of benzene rings is 1. The Kier molecular flexibility index (Phi) is 2.82. The van der Waals surface area contributed by atoms with Crippen molar-refractivity contribution in [1.29, 1.82) is 0 Å². The normalized spacial score (nSPS) is 12.7. The lowest BCUT2D eigenvalue weighted by Crippen LogP contribution is -1.96. The van der Waals surface area contributed by atoms with Crippen molar-refractivity contribution in [3.05, 3.63) is 51.4 Å². The Bertz CT molecular complexity index is 399. The van der Waals surface area contributed by atoms with E-state index in [1.165, 1.54) is 11.3 Å². The van der Waals surface area contributed by atoms with E-state index in [0.717, 1.165) is 10.4 Å². The van der Waals surface area contributed by atoms with Gasteiger partial charge in [0.25, 0.3) is 0 Å². The van der Waals surface area contributed by atoms with Crippen LogP contribution >= 0.6 is 22.9 Å². The van der Waals surface area contributed by atoms with E-state index in [1.54, 1.807) is 23.8 Å². The smallest absolute Gasteiger partial charge is 0.115 e. The van der Waals surface area contributed by atoms with Crippen LogP contribution in [0.25, 0.3) is 0 Å². The molecule has 0 spiro atoms. The number of hydrogen-bond donors (Lipinski definition) is 1. The lowest BCUT2D eigenvalue weighted by molar-refractivity contribution is 0.224. The topological polar surface area (TPSA) is 33.1 Å². The zero-order valence-corrected chi connectivity index (χ0v) is 8.79. The molecule has 1 atom stereocenters. The molecule has 2 nitrogen and oxygen atoms in total. The van der Waals surface area contributed by atoms with Crippen molar-refractivity contribution < 1.29 is 5.11 Å². The van der Waals surface area contributed by atoms with Gasteiger partial charge in [-0.15, -0.1) is 11.3 Å². The number of nitrogens with zero attached hydrogens (tertiary/aromatic N) is 1. The van der Waals surface area contributed by atoms with E-state index in [-0.39, 0.29) is 0 Å². The number of aromatic nitrogens is 1. The van der Waals surface area contributed by atoms with Crippen LogP contribution in [0.15, 0.2) is 36.0 Å². The minimum absolute atomic E-state index is 0.597. The van der Waals surface area contributed by atoms with Crippen molar-refractivity contribution >= 4 is 22.9 Å². The zero-order chi connectivity index (χ0) is 9.97. The Morgan fingerprint density at radius 3 is 2.57 bits per heavy atom. The molecule has 0 amide bonds. The van der Waals surface area contributed by atoms with Gasteiger partial charge in [-0.2, -0.15) is 0 Å². The first kappa shape index (κ1) is 9.65. The van der Waals surface area contributed by atoms with Crippen LogP contribution in [0.2, 0.25) is 5.02 Å². The van der Waals surface area contributed by atoms with Crippen LogP contribution in [-0.2, 0) is 0 Å². The van der Waals surface area contributed by atoms with Gasteiger partial charge in [0.05, 0.1) is 10.4 Å². The fraction of sp³-hybridized carbons (Fsp3) is 0.100. The van der Waals surface area contributed by atoms with Crippen LogP contribution < -0.4 is 0 Å². The van der Waals surface area contributed by atoms with E-state index >= 15 is 0 Å². The SMILES string of the molecule is OC(c1ccc(Cl)cc1)c1cncs1. The highest BCUT2D eigenvalue weighted by atomic mass is 35.5. The largest absolute Gasteiger partial charge is 0.383 e. The highest BCUT2D eigenvalue weighted by Crippen LogP contribution is 2.25. The highest BCUT2D eigenvalue weighted by molar-refractivity contribution is 7.09. The van der Waals surface area contributed by atoms with Gasteiger partial charge in [-0.3, -0.25) is 4.98 Å². The van der Waals surface area contributed by atoms with Crippen LogP contribution in [-0.4, -0.2) is 10.1 Å². The molecular formula is C10H8ClNOS. The van der Waals surface area contributed by atoms with Crippen LogP contribution in [0, 0.1) is 0 Å². The standard InChI is InChI=1S/C10H8ClNOS/c11-8-3-1-7(2-4-8)10(13)9-5-12-6-14-9/h1-6,10,13H. The molecule has 1 aromatic heterocycles. The summed E-state index contributed by atoms with van der Waals surface area (Å²) in [7, 11) is 0. The molecule has 72 valence electrons. The number of hydrogen-bond acceptors (Lipinski definition) is 3. The van der Waals surface area contributed by atoms with Gasteiger partial charge < -0.3 is 5.11 Å². The summed E-state index contributed by atoms with van der Waals surface area (Å²) >= 11 is 7.19. The molecule has 1 aromatic carbocycles. The van der Waals surface area contributed by atoms with Crippen molar-refractivity contribution in [2.75, 3.05) is 0 Å². The molecule has 2 aromatic rings. The predicted molar refractivity (Wildman–Crippen MR) is 57.6 cm³/mol. The maximum absolute atomic E-state index is 9.90. The molecule has 0 aliphatic carbocycles. The molecule has 0 bridgehead atoms. The van der Waals surface area contributed by atoms with Crippen molar-refractivity contribution in [2.45, 2.75) is 6.10 Å². The van der Waals surface area contributed by atoms with Gasteiger partial charge in [0.2, 0.25) is 0 Å². The predicted octanol–water partition coefficient (Wildman–Crippen LogP) is 2.88. The van der Waals surface area contributed by atoms with Crippen molar-refractivity contribution in [1.82, 2.24) is 4.98 Å². The van der Waals surface area contributed by atoms with Gasteiger partial charge in [-0.05, 0) is 17.7 Å². The molecule has 0 saturated heterocycles. The van der Waals surface area contributed by atoms with Crippen molar-refractivity contribution in [3.8, 4) is 0 Å². The average Bonchev–Trinajstić information content (AvgIpc) is 2.71. The monoisotopic (exact) mass is 225 g/mol. The van der Waals surface area contributed by atoms with Gasteiger partial charge >= 0.3 is 0 Å². The summed E-state index contributed by atoms with van der Waals surface area (Å²) in [6, 6.07) is 7.15. The van der Waals surface area contributed by atoms with Gasteiger partial charge in [-0.1, -0.05) is 23.7 Å². The number of rotatable bonds is 2. The van der Waals surface area contributed by atoms with Gasteiger partial charge in [0.1, 0.15) is 6.10 Å². The first-order valence-corrected chi connectivity index (χ1v) is 5.35. The molecule has 4 heteroatoms. The molecule has 14 heavy (non-hydrogen) atoms. The third-order valence-corrected chi connectivity index (χ3v) is 2.99. The molecule has 0 saturated carbocycles. The zero-order valence-electron chi connectivity index (χ0n) is 7.22. The molecule has 0 aliphatic rings. The Morgan fingerprint density at radius 2 is 2.00 bits per heavy atom. The first-order valence-electron chi connectivity index (χ1n) is 4.09. The van der Waals surface area contributed by atoms with E-state index in [4.69, 9.17) is 11.6 Å². The summed E-state index contributed by atoms with van der Waals surface area (Å²) in [5.74, 6) is 0. The first-order chi connectivity index (χ1) is 6.77. The summed E-state index contributed by atoms with van der Waals surface area (Å²) in [5.41, 5.74) is 2.53. The molecule has 0 fully saturated rings. The molecule has 0 radical (unpaired) electrons. The second kappa shape index (κ2) is 4.09. The summed E-state index contributed by atoms with van der Waals surface area (Å²) in [6.45, 7) is 0. The van der Waals surface area contributed by atoms with E-state index < -0.39 is 6.10 Å². The van der Waals surface area contributed by atoms with E-state index in [9.17, 15) is 5.11 Å². The lowest BCUT2D eigenvalue weighted by Gasteiger charge is -2.07. The quantitative estimate of drug-likeness (QED) is 0.853. The Hall–Kier alpha value is -0.900. The molecule has 1 heterocycles. The molecule has 2 rings (SSSR count). The molecule has 1 N–H and O–H groups in total. The molecular weight excluding hydrogens is 218 g/mol. The third-order valence-electron chi connectivity index (χ3n) is 1.91. The van der Waals surface area contributed by atoms with E-state index in [2.05, 4.69) is 4.98 Å². The fourth-order valence-electron chi connectivity index (χ4n) is 1.17. The lowest BCUT2D eigenvalue weighted by atomic mass is 10.1. The summed E-state index contributed by atoms with van der Waals surface area (Å²) in [6.07, 6.45) is 1.07. The second-order valence-electron chi connectivity index (χ2n) is 2.86. The average molecular weight is 226 g/mol. The number of aliphatic hydroxyl groups excluding tert-OH is 1. The highest BCUT2D eigenvalue weighted by Gasteiger charge is 2.11. The summed E-state index contributed by atoms with van der Waals surface area (Å²) in [5, 5.41) is 10.6. The number of aliphatic hydroxyl groups is 1. The summed E-state index contributed by atoms with van der Waals surface area (Å²) < 4.78 is 0. The van der Waals surface area contributed by atoms with E-state index in [1.807, 2.05) is 12.1 Å². The maximum atomic E-state index is 9.90. The third kappa shape index (κ3) is 1.95.